The van der Waals surface area contributed by atoms with Crippen LogP contribution in [0.2, 0.25) is 0 Å². The second-order valence-corrected chi connectivity index (χ2v) is 36.3. The third-order valence-electron chi connectivity index (χ3n) is 22.0. The average molecular weight is 1280 g/mol. The molecule has 93 heavy (non-hydrogen) atoms. The van der Waals surface area contributed by atoms with Crippen molar-refractivity contribution in [3.8, 4) is 20.0 Å². The molecule has 460 valence electrons. The van der Waals surface area contributed by atoms with E-state index in [1.165, 1.54) is 189 Å². The summed E-state index contributed by atoms with van der Waals surface area (Å²) in [7, 11) is 0. The molecule has 1 aromatic heterocycles. The Bertz CT molecular complexity index is 5130. The molecule has 0 fully saturated rings. The second kappa shape index (κ2) is 17.4. The molecule has 0 spiro atoms. The van der Waals surface area contributed by atoms with Crippen LogP contribution in [0.25, 0.3) is 20.0 Å². The van der Waals surface area contributed by atoms with E-state index in [9.17, 15) is 0 Å². The molecule has 9 aliphatic rings. The zero-order valence-corrected chi connectivity index (χ0v) is 58.8. The SMILES string of the molecule is CC(C)(C)c1cc2c3c(c1)B1c4ccc5c6c4N(c4ccc7c(c41)N3c1c(c(C(C)(C)C)cc(C(C)(C)C)c1N7)N2)c1c(-c2ccccc2)[se]c(-c2ccccc2)c1N6c1ccc2c3c1B5c1ccc(C(C)(C)C)c4c1N3c1c(c(C(C)(C)C)cc(C(C)(C)C)c1N4)N2. The molecule has 0 bridgehead atoms. The Labute approximate surface area is 555 Å². The molecule has 10 heterocycles. The molecular formula is C82H80B2N8Se. The van der Waals surface area contributed by atoms with Gasteiger partial charge in [-0.2, -0.15) is 0 Å². The molecule has 0 saturated carbocycles. The average Bonchev–Trinajstić information content (AvgIpc) is 1.44. The summed E-state index contributed by atoms with van der Waals surface area (Å²) in [5.41, 5.74) is 42.5. The summed E-state index contributed by atoms with van der Waals surface area (Å²) in [5, 5.41) is 17.2. The van der Waals surface area contributed by atoms with Crippen LogP contribution in [0, 0.1) is 0 Å². The monoisotopic (exact) mass is 1280 g/mol. The maximum absolute atomic E-state index is 4.35. The van der Waals surface area contributed by atoms with Crippen molar-refractivity contribution in [2.24, 2.45) is 0 Å². The van der Waals surface area contributed by atoms with Crippen LogP contribution < -0.4 is 73.6 Å². The van der Waals surface area contributed by atoms with Crippen molar-refractivity contribution in [1.29, 1.82) is 0 Å². The molecule has 0 atom stereocenters. The van der Waals surface area contributed by atoms with E-state index in [4.69, 9.17) is 0 Å². The first-order valence-electron chi connectivity index (χ1n) is 33.8. The van der Waals surface area contributed by atoms with Gasteiger partial charge in [0.1, 0.15) is 0 Å². The summed E-state index contributed by atoms with van der Waals surface area (Å²) >= 11 is -0.115. The summed E-state index contributed by atoms with van der Waals surface area (Å²) in [6, 6.07) is 53.1. The summed E-state index contributed by atoms with van der Waals surface area (Å²) in [5.74, 6) is 0. The maximum atomic E-state index is 4.35. The summed E-state index contributed by atoms with van der Waals surface area (Å²) in [6.07, 6.45) is 0. The molecule has 8 nitrogen and oxygen atoms in total. The fraction of sp³-hybridized carbons (Fsp3) is 0.293. The van der Waals surface area contributed by atoms with Gasteiger partial charge in [0, 0.05) is 0 Å². The first-order chi connectivity index (χ1) is 44.0. The van der Waals surface area contributed by atoms with Gasteiger partial charge in [-0.3, -0.25) is 0 Å². The van der Waals surface area contributed by atoms with Gasteiger partial charge in [-0.25, -0.2) is 0 Å². The van der Waals surface area contributed by atoms with Gasteiger partial charge in [0.2, 0.25) is 0 Å². The molecule has 19 rings (SSSR count). The molecule has 9 aliphatic heterocycles. The third kappa shape index (κ3) is 7.10. The predicted molar refractivity (Wildman–Crippen MR) is 401 cm³/mol. The number of anilines is 20. The fourth-order valence-corrected chi connectivity index (χ4v) is 20.5. The van der Waals surface area contributed by atoms with Gasteiger partial charge in [-0.15, -0.1) is 0 Å². The van der Waals surface area contributed by atoms with Crippen LogP contribution in [0.3, 0.4) is 0 Å². The molecule has 0 saturated heterocycles. The number of rotatable bonds is 2. The molecule has 0 aliphatic carbocycles. The van der Waals surface area contributed by atoms with Crippen LogP contribution >= 0.6 is 0 Å². The van der Waals surface area contributed by atoms with Crippen LogP contribution in [0.1, 0.15) is 158 Å². The van der Waals surface area contributed by atoms with E-state index in [-0.39, 0.29) is 60.4 Å². The molecule has 0 amide bonds. The van der Waals surface area contributed by atoms with E-state index in [2.05, 4.69) is 299 Å². The van der Waals surface area contributed by atoms with Crippen molar-refractivity contribution in [2.45, 2.75) is 157 Å². The van der Waals surface area contributed by atoms with E-state index in [1.807, 2.05) is 0 Å². The fourth-order valence-electron chi connectivity index (χ4n) is 17.8. The summed E-state index contributed by atoms with van der Waals surface area (Å²) in [6.45, 7) is 42.8. The predicted octanol–water partition coefficient (Wildman–Crippen LogP) is 18.6. The molecule has 4 N–H and O–H groups in total. The normalized spacial score (nSPS) is 15.6. The van der Waals surface area contributed by atoms with Crippen molar-refractivity contribution in [3.05, 3.63) is 167 Å². The van der Waals surface area contributed by atoms with Gasteiger partial charge >= 0.3 is 559 Å². The first kappa shape index (κ1) is 56.1. The van der Waals surface area contributed by atoms with Crippen LogP contribution in [0.15, 0.2) is 133 Å². The van der Waals surface area contributed by atoms with Gasteiger partial charge in [-0.1, -0.05) is 0 Å². The van der Waals surface area contributed by atoms with Gasteiger partial charge in [0.05, 0.1) is 0 Å². The molecule has 11 heteroatoms. The topological polar surface area (TPSA) is 61.1 Å². The molecule has 10 aromatic rings. The number of hydrogen-bond acceptors (Lipinski definition) is 8. The Kier molecular flexibility index (Phi) is 10.5. The summed E-state index contributed by atoms with van der Waals surface area (Å²) in [4.78, 5) is 11.1. The molecular weight excluding hydrogens is 1200 g/mol. The van der Waals surface area contributed by atoms with E-state index in [0.717, 1.165) is 11.4 Å². The van der Waals surface area contributed by atoms with Crippen LogP contribution in [-0.2, 0) is 32.5 Å². The van der Waals surface area contributed by atoms with Gasteiger partial charge < -0.3 is 0 Å². The molecule has 0 unspecified atom stereocenters. The van der Waals surface area contributed by atoms with Crippen molar-refractivity contribution < 1.29 is 0 Å². The van der Waals surface area contributed by atoms with Gasteiger partial charge in [-0.05, 0) is 0 Å². The van der Waals surface area contributed by atoms with Gasteiger partial charge in [0.25, 0.3) is 0 Å². The number of nitrogens with zero attached hydrogens (tertiary/aromatic N) is 4. The standard InChI is InChI=1S/C82H80B2N8Se/c1-77(2,3)43-37-52-65-55(38-43)87-63-47(81(13,14)15)39-45(79(7,8)9)61-71(63)91(65)69-53(85-61)33-36-57-59(69)84(52)51-32-31-50-67-68(51)90(57)74-73(75(41-25-21-19-22-26-41)93-76(74)42-27-23-20-24-28-42)89(67)56-35-34-54-70-58(56)83(50)49-30-29-44(78(4,5)6)60-66(49)92(70)72-62(86-54)46(80(10,11)12)40-48(64(72)88-60)82(16,17)18/h19-40,85-88H,1-18H3. The second-order valence-electron chi connectivity index (χ2n) is 34.2. The molecule has 9 aromatic carbocycles. The van der Waals surface area contributed by atoms with Crippen molar-refractivity contribution in [2.75, 3.05) is 40.9 Å². The van der Waals surface area contributed by atoms with Gasteiger partial charge in [0.15, 0.2) is 0 Å². The van der Waals surface area contributed by atoms with Crippen LogP contribution in [-0.4, -0.2) is 27.9 Å². The van der Waals surface area contributed by atoms with Crippen molar-refractivity contribution >= 4 is 174 Å². The Morgan fingerprint density at radius 3 is 1.12 bits per heavy atom. The third-order valence-corrected chi connectivity index (χ3v) is 24.6. The minimum absolute atomic E-state index is 0.0973. The number of nitrogens with one attached hydrogen (secondary N) is 4. The number of fused-ring (bicyclic) bond motifs is 9. The van der Waals surface area contributed by atoms with Crippen molar-refractivity contribution in [1.82, 2.24) is 0 Å². The van der Waals surface area contributed by atoms with Crippen molar-refractivity contribution in [3.63, 3.8) is 0 Å². The zero-order valence-electron chi connectivity index (χ0n) is 57.1. The Balaban J connectivity index is 0.964. The zero-order chi connectivity index (χ0) is 64.3. The van der Waals surface area contributed by atoms with E-state index in [0.29, 0.717) is 0 Å². The first-order valence-corrected chi connectivity index (χ1v) is 35.6. The van der Waals surface area contributed by atoms with Crippen LogP contribution in [0.4, 0.5) is 114 Å². The summed E-state index contributed by atoms with van der Waals surface area (Å²) < 4.78 is 2.80. The van der Waals surface area contributed by atoms with E-state index >= 15 is 0 Å². The van der Waals surface area contributed by atoms with Crippen LogP contribution in [0.5, 0.6) is 0 Å². The Morgan fingerprint density at radius 2 is 0.677 bits per heavy atom. The molecule has 0 radical (unpaired) electrons. The number of hydrogen-bond donors (Lipinski definition) is 4. The minimum atomic E-state index is -0.154. The van der Waals surface area contributed by atoms with E-state index in [1.54, 1.807) is 0 Å². The quantitative estimate of drug-likeness (QED) is 0.128. The Hall–Kier alpha value is -8.49. The Morgan fingerprint density at radius 1 is 0.290 bits per heavy atom. The number of benzene rings is 9. The van der Waals surface area contributed by atoms with E-state index < -0.39 is 0 Å².